The van der Waals surface area contributed by atoms with E-state index >= 15 is 0 Å². The van der Waals surface area contributed by atoms with Crippen molar-refractivity contribution in [2.45, 2.75) is 6.92 Å². The summed E-state index contributed by atoms with van der Waals surface area (Å²) in [5, 5.41) is 2.75. The van der Waals surface area contributed by atoms with Crippen molar-refractivity contribution in [2.24, 2.45) is 0 Å². The Kier molecular flexibility index (Phi) is 3.08. The van der Waals surface area contributed by atoms with Crippen LogP contribution in [0.4, 0.5) is 4.39 Å². The number of hydrogen-bond acceptors (Lipinski definition) is 4. The summed E-state index contributed by atoms with van der Waals surface area (Å²) in [6.45, 7) is 1.84. The number of benzene rings is 1. The number of ether oxygens (including phenoxy) is 1. The van der Waals surface area contributed by atoms with Gasteiger partial charge in [0.15, 0.2) is 0 Å². The van der Waals surface area contributed by atoms with Crippen molar-refractivity contribution in [1.82, 2.24) is 9.97 Å². The summed E-state index contributed by atoms with van der Waals surface area (Å²) >= 11 is 7.29. The number of nitrogens with zero attached hydrogens (tertiary/aromatic N) is 2. The van der Waals surface area contributed by atoms with E-state index in [-0.39, 0.29) is 11.1 Å². The lowest BCUT2D eigenvalue weighted by Gasteiger charge is -2.08. The molecule has 2 aromatic heterocycles. The number of hydrogen-bond donors (Lipinski definition) is 0. The number of aryl methyl sites for hydroxylation is 1. The van der Waals surface area contributed by atoms with Gasteiger partial charge >= 0.3 is 0 Å². The molecule has 0 spiro atoms. The average molecular weight is 295 g/mol. The van der Waals surface area contributed by atoms with Crippen LogP contribution in [0.15, 0.2) is 29.6 Å². The van der Waals surface area contributed by atoms with Gasteiger partial charge in [-0.2, -0.15) is 4.98 Å². The molecule has 19 heavy (non-hydrogen) atoms. The van der Waals surface area contributed by atoms with Gasteiger partial charge in [0.2, 0.25) is 11.2 Å². The van der Waals surface area contributed by atoms with Crippen molar-refractivity contribution in [1.29, 1.82) is 0 Å². The van der Waals surface area contributed by atoms with Crippen LogP contribution < -0.4 is 4.74 Å². The Morgan fingerprint density at radius 3 is 2.95 bits per heavy atom. The summed E-state index contributed by atoms with van der Waals surface area (Å²) < 4.78 is 18.9. The van der Waals surface area contributed by atoms with Crippen LogP contribution in [0.1, 0.15) is 5.56 Å². The molecular weight excluding hydrogens is 287 g/mol. The summed E-state index contributed by atoms with van der Waals surface area (Å²) in [6.07, 6.45) is 0. The quantitative estimate of drug-likeness (QED) is 0.649. The van der Waals surface area contributed by atoms with E-state index in [9.17, 15) is 4.39 Å². The molecule has 0 saturated heterocycles. The van der Waals surface area contributed by atoms with Crippen molar-refractivity contribution in [3.8, 4) is 11.6 Å². The molecule has 96 valence electrons. The van der Waals surface area contributed by atoms with Gasteiger partial charge in [-0.15, -0.1) is 11.3 Å². The molecule has 0 N–H and O–H groups in total. The number of halogens is 2. The van der Waals surface area contributed by atoms with Gasteiger partial charge < -0.3 is 4.74 Å². The molecule has 0 aliphatic rings. The molecule has 3 rings (SSSR count). The molecule has 0 fully saturated rings. The molecular formula is C13H8ClFN2OS. The standard InChI is InChI=1S/C13H8ClFN2OS/c1-7-2-3-8(15)6-10(7)18-11-9-4-5-19-12(9)17-13(14)16-11/h2-6H,1H3. The fourth-order valence-corrected chi connectivity index (χ4v) is 2.64. The van der Waals surface area contributed by atoms with Gasteiger partial charge in [0.25, 0.3) is 0 Å². The first-order valence-corrected chi connectivity index (χ1v) is 6.74. The summed E-state index contributed by atoms with van der Waals surface area (Å²) in [5.41, 5.74) is 0.819. The van der Waals surface area contributed by atoms with Gasteiger partial charge in [-0.25, -0.2) is 9.37 Å². The van der Waals surface area contributed by atoms with Crippen LogP contribution in [0.25, 0.3) is 10.2 Å². The molecule has 2 heterocycles. The van der Waals surface area contributed by atoms with E-state index < -0.39 is 0 Å². The molecule has 0 saturated carbocycles. The van der Waals surface area contributed by atoms with Gasteiger partial charge in [-0.05, 0) is 41.6 Å². The lowest BCUT2D eigenvalue weighted by molar-refractivity contribution is 0.460. The van der Waals surface area contributed by atoms with Crippen molar-refractivity contribution < 1.29 is 9.13 Å². The molecule has 0 unspecified atom stereocenters. The summed E-state index contributed by atoms with van der Waals surface area (Å²) in [7, 11) is 0. The van der Waals surface area contributed by atoms with Crippen molar-refractivity contribution >= 4 is 33.2 Å². The topological polar surface area (TPSA) is 35.0 Å². The largest absolute Gasteiger partial charge is 0.438 e. The Balaban J connectivity index is 2.10. The predicted molar refractivity (Wildman–Crippen MR) is 73.6 cm³/mol. The van der Waals surface area contributed by atoms with Crippen LogP contribution in [-0.4, -0.2) is 9.97 Å². The Bertz CT molecular complexity index is 759. The second-order valence-electron chi connectivity index (χ2n) is 3.95. The van der Waals surface area contributed by atoms with Crippen LogP contribution in [0.3, 0.4) is 0 Å². The second-order valence-corrected chi connectivity index (χ2v) is 5.18. The highest BCUT2D eigenvalue weighted by Gasteiger charge is 2.11. The highest BCUT2D eigenvalue weighted by molar-refractivity contribution is 7.16. The number of fused-ring (bicyclic) bond motifs is 1. The van der Waals surface area contributed by atoms with Gasteiger partial charge in [0.1, 0.15) is 16.4 Å². The Labute approximate surface area is 117 Å². The maximum atomic E-state index is 13.2. The van der Waals surface area contributed by atoms with E-state index in [0.717, 1.165) is 15.8 Å². The van der Waals surface area contributed by atoms with Crippen LogP contribution in [-0.2, 0) is 0 Å². The highest BCUT2D eigenvalue weighted by Crippen LogP contribution is 2.32. The molecule has 0 radical (unpaired) electrons. The smallest absolute Gasteiger partial charge is 0.232 e. The molecule has 3 aromatic rings. The molecule has 0 aliphatic carbocycles. The Morgan fingerprint density at radius 2 is 2.11 bits per heavy atom. The summed E-state index contributed by atoms with van der Waals surface area (Å²) in [5.74, 6) is 0.398. The highest BCUT2D eigenvalue weighted by atomic mass is 35.5. The Hall–Kier alpha value is -1.72. The van der Waals surface area contributed by atoms with E-state index in [2.05, 4.69) is 9.97 Å². The van der Waals surface area contributed by atoms with E-state index in [1.165, 1.54) is 23.5 Å². The molecule has 0 aliphatic heterocycles. The molecule has 0 atom stereocenters. The zero-order valence-electron chi connectivity index (χ0n) is 9.85. The van der Waals surface area contributed by atoms with E-state index in [4.69, 9.17) is 16.3 Å². The second kappa shape index (κ2) is 4.75. The monoisotopic (exact) mass is 294 g/mol. The third-order valence-corrected chi connectivity index (χ3v) is 3.60. The van der Waals surface area contributed by atoms with Crippen molar-refractivity contribution in [3.63, 3.8) is 0 Å². The molecule has 0 amide bonds. The zero-order valence-corrected chi connectivity index (χ0v) is 11.4. The Morgan fingerprint density at radius 1 is 1.26 bits per heavy atom. The van der Waals surface area contributed by atoms with Crippen LogP contribution in [0, 0.1) is 12.7 Å². The molecule has 3 nitrogen and oxygen atoms in total. The number of aromatic nitrogens is 2. The first-order chi connectivity index (χ1) is 9.13. The maximum absolute atomic E-state index is 13.2. The lowest BCUT2D eigenvalue weighted by Crippen LogP contribution is -1.93. The fourth-order valence-electron chi connectivity index (χ4n) is 1.67. The van der Waals surface area contributed by atoms with E-state index in [0.29, 0.717) is 11.6 Å². The molecule has 1 aromatic carbocycles. The summed E-state index contributed by atoms with van der Waals surface area (Å²) in [4.78, 5) is 8.89. The van der Waals surface area contributed by atoms with E-state index in [1.54, 1.807) is 6.07 Å². The number of thiophene rings is 1. The first kappa shape index (κ1) is 12.3. The van der Waals surface area contributed by atoms with Gasteiger partial charge in [0, 0.05) is 6.07 Å². The average Bonchev–Trinajstić information content (AvgIpc) is 2.82. The van der Waals surface area contributed by atoms with Gasteiger partial charge in [0.05, 0.1) is 5.39 Å². The summed E-state index contributed by atoms with van der Waals surface area (Å²) in [6, 6.07) is 6.21. The third-order valence-electron chi connectivity index (χ3n) is 2.62. The molecule has 0 bridgehead atoms. The van der Waals surface area contributed by atoms with Crippen molar-refractivity contribution in [3.05, 3.63) is 46.3 Å². The predicted octanol–water partition coefficient (Wildman–Crippen LogP) is 4.58. The zero-order chi connectivity index (χ0) is 13.4. The number of rotatable bonds is 2. The van der Waals surface area contributed by atoms with E-state index in [1.807, 2.05) is 18.4 Å². The SMILES string of the molecule is Cc1ccc(F)cc1Oc1nc(Cl)nc2sccc12. The van der Waals surface area contributed by atoms with Crippen molar-refractivity contribution in [2.75, 3.05) is 0 Å². The lowest BCUT2D eigenvalue weighted by atomic mass is 10.2. The fraction of sp³-hybridized carbons (Fsp3) is 0.0769. The van der Waals surface area contributed by atoms with Crippen LogP contribution >= 0.6 is 22.9 Å². The molecule has 6 heteroatoms. The third kappa shape index (κ3) is 2.39. The van der Waals surface area contributed by atoms with Gasteiger partial charge in [-0.1, -0.05) is 6.07 Å². The first-order valence-electron chi connectivity index (χ1n) is 5.48. The van der Waals surface area contributed by atoms with Crippen LogP contribution in [0.2, 0.25) is 5.28 Å². The normalized spacial score (nSPS) is 10.9. The minimum absolute atomic E-state index is 0.110. The maximum Gasteiger partial charge on any atom is 0.232 e. The minimum atomic E-state index is -0.359. The minimum Gasteiger partial charge on any atom is -0.438 e. The van der Waals surface area contributed by atoms with Crippen LogP contribution in [0.5, 0.6) is 11.6 Å². The van der Waals surface area contributed by atoms with Gasteiger partial charge in [-0.3, -0.25) is 0 Å².